The molecule has 0 saturated heterocycles. The van der Waals surface area contributed by atoms with E-state index in [-0.39, 0.29) is 17.5 Å². The van der Waals surface area contributed by atoms with Gasteiger partial charge in [-0.2, -0.15) is 5.10 Å². The second-order valence-electron chi connectivity index (χ2n) is 6.21. The monoisotopic (exact) mass is 293 g/mol. The largest absolute Gasteiger partial charge is 0.353 e. The predicted molar refractivity (Wildman–Crippen MR) is 82.9 cm³/mol. The molecule has 0 bridgehead atoms. The van der Waals surface area contributed by atoms with Crippen LogP contribution in [0.5, 0.6) is 0 Å². The third kappa shape index (κ3) is 3.44. The van der Waals surface area contributed by atoms with E-state index in [4.69, 9.17) is 0 Å². The van der Waals surface area contributed by atoms with Gasteiger partial charge in [-0.3, -0.25) is 9.48 Å². The standard InChI is InChI=1S/C15H27N5O/c1-16-13(12-9-18-20(4)10-12)14(21)17-11-15(19(2)3)7-5-6-8-15/h9-10,13,16H,5-8,11H2,1-4H3,(H,17,21). The van der Waals surface area contributed by atoms with E-state index in [1.54, 1.807) is 17.9 Å². The number of carbonyl (C=O) groups excluding carboxylic acids is 1. The highest BCUT2D eigenvalue weighted by Gasteiger charge is 2.36. The lowest BCUT2D eigenvalue weighted by Gasteiger charge is -2.36. The Balaban J connectivity index is 1.99. The van der Waals surface area contributed by atoms with Crippen LogP contribution in [0, 0.1) is 0 Å². The second-order valence-corrected chi connectivity index (χ2v) is 6.21. The summed E-state index contributed by atoms with van der Waals surface area (Å²) in [5.74, 6) is 0.0126. The fraction of sp³-hybridized carbons (Fsp3) is 0.733. The molecule has 1 saturated carbocycles. The van der Waals surface area contributed by atoms with Crippen molar-refractivity contribution in [2.24, 2.45) is 7.05 Å². The molecule has 1 aromatic rings. The van der Waals surface area contributed by atoms with Gasteiger partial charge >= 0.3 is 0 Å². The van der Waals surface area contributed by atoms with Crippen molar-refractivity contribution in [2.75, 3.05) is 27.7 Å². The van der Waals surface area contributed by atoms with Crippen LogP contribution in [-0.4, -0.2) is 53.8 Å². The fourth-order valence-electron chi connectivity index (χ4n) is 3.21. The van der Waals surface area contributed by atoms with Gasteiger partial charge in [-0.1, -0.05) is 12.8 Å². The molecule has 1 aromatic heterocycles. The molecule has 1 aliphatic carbocycles. The first kappa shape index (κ1) is 16.0. The van der Waals surface area contributed by atoms with Crippen molar-refractivity contribution in [3.05, 3.63) is 18.0 Å². The maximum absolute atomic E-state index is 12.5. The molecule has 1 atom stereocenters. The molecular weight excluding hydrogens is 266 g/mol. The van der Waals surface area contributed by atoms with E-state index in [2.05, 4.69) is 34.7 Å². The Bertz CT molecular complexity index is 476. The number of hydrogen-bond donors (Lipinski definition) is 2. The van der Waals surface area contributed by atoms with Gasteiger partial charge in [0, 0.05) is 30.9 Å². The number of aryl methyl sites for hydroxylation is 1. The van der Waals surface area contributed by atoms with Crippen molar-refractivity contribution in [3.63, 3.8) is 0 Å². The number of hydrogen-bond acceptors (Lipinski definition) is 4. The van der Waals surface area contributed by atoms with Gasteiger partial charge in [0.25, 0.3) is 0 Å². The van der Waals surface area contributed by atoms with Crippen molar-refractivity contribution >= 4 is 5.91 Å². The molecule has 1 amide bonds. The van der Waals surface area contributed by atoms with E-state index in [1.165, 1.54) is 12.8 Å². The van der Waals surface area contributed by atoms with Crippen LogP contribution in [0.4, 0.5) is 0 Å². The number of nitrogens with zero attached hydrogens (tertiary/aromatic N) is 3. The average Bonchev–Trinajstić information content (AvgIpc) is 3.07. The number of amides is 1. The third-order valence-electron chi connectivity index (χ3n) is 4.68. The Morgan fingerprint density at radius 2 is 2.14 bits per heavy atom. The molecule has 6 heteroatoms. The Labute approximate surface area is 126 Å². The third-order valence-corrected chi connectivity index (χ3v) is 4.68. The summed E-state index contributed by atoms with van der Waals surface area (Å²) in [4.78, 5) is 14.7. The van der Waals surface area contributed by atoms with Crippen molar-refractivity contribution < 1.29 is 4.79 Å². The minimum Gasteiger partial charge on any atom is -0.353 e. The molecule has 6 nitrogen and oxygen atoms in total. The van der Waals surface area contributed by atoms with Gasteiger partial charge in [0.1, 0.15) is 6.04 Å². The molecule has 118 valence electrons. The van der Waals surface area contributed by atoms with Crippen molar-refractivity contribution in [1.82, 2.24) is 25.3 Å². The topological polar surface area (TPSA) is 62.2 Å². The molecule has 21 heavy (non-hydrogen) atoms. The molecule has 1 aliphatic rings. The van der Waals surface area contributed by atoms with Crippen LogP contribution < -0.4 is 10.6 Å². The highest BCUT2D eigenvalue weighted by atomic mass is 16.2. The van der Waals surface area contributed by atoms with Crippen LogP contribution in [0.25, 0.3) is 0 Å². The number of rotatable bonds is 6. The maximum atomic E-state index is 12.5. The van der Waals surface area contributed by atoms with Gasteiger partial charge in [0.15, 0.2) is 0 Å². The lowest BCUT2D eigenvalue weighted by molar-refractivity contribution is -0.123. The van der Waals surface area contributed by atoms with E-state index in [0.29, 0.717) is 6.54 Å². The molecule has 0 spiro atoms. The van der Waals surface area contributed by atoms with Crippen LogP contribution in [0.15, 0.2) is 12.4 Å². The molecule has 1 unspecified atom stereocenters. The van der Waals surface area contributed by atoms with Gasteiger partial charge in [-0.05, 0) is 34.0 Å². The smallest absolute Gasteiger partial charge is 0.241 e. The van der Waals surface area contributed by atoms with Crippen molar-refractivity contribution in [3.8, 4) is 0 Å². The minimum atomic E-state index is -0.348. The summed E-state index contributed by atoms with van der Waals surface area (Å²) in [7, 11) is 7.87. The minimum absolute atomic E-state index is 0.0126. The summed E-state index contributed by atoms with van der Waals surface area (Å²) in [5.41, 5.74) is 1.01. The van der Waals surface area contributed by atoms with E-state index in [9.17, 15) is 4.79 Å². The van der Waals surface area contributed by atoms with Gasteiger partial charge < -0.3 is 15.5 Å². The van der Waals surface area contributed by atoms with Crippen LogP contribution >= 0.6 is 0 Å². The average molecular weight is 293 g/mol. The van der Waals surface area contributed by atoms with Gasteiger partial charge in [0.05, 0.1) is 6.20 Å². The zero-order valence-corrected chi connectivity index (χ0v) is 13.5. The first-order valence-electron chi connectivity index (χ1n) is 7.59. The van der Waals surface area contributed by atoms with Crippen LogP contribution in [0.2, 0.25) is 0 Å². The molecule has 0 aliphatic heterocycles. The number of aromatic nitrogens is 2. The Hall–Kier alpha value is -1.40. The normalized spacial score (nSPS) is 18.9. The van der Waals surface area contributed by atoms with Gasteiger partial charge in [0.2, 0.25) is 5.91 Å². The molecule has 2 N–H and O–H groups in total. The fourth-order valence-corrected chi connectivity index (χ4v) is 3.21. The molecule has 2 rings (SSSR count). The summed E-state index contributed by atoms with van der Waals surface area (Å²) in [5, 5.41) is 10.3. The molecule has 0 aromatic carbocycles. The van der Waals surface area contributed by atoms with Crippen LogP contribution in [-0.2, 0) is 11.8 Å². The zero-order valence-electron chi connectivity index (χ0n) is 13.5. The molecule has 1 fully saturated rings. The van der Waals surface area contributed by atoms with E-state index >= 15 is 0 Å². The highest BCUT2D eigenvalue weighted by molar-refractivity contribution is 5.83. The summed E-state index contributed by atoms with van der Waals surface area (Å²) < 4.78 is 1.71. The second kappa shape index (κ2) is 6.58. The molecule has 0 radical (unpaired) electrons. The lowest BCUT2D eigenvalue weighted by Crippen LogP contribution is -2.52. The number of carbonyl (C=O) groups is 1. The van der Waals surface area contributed by atoms with Gasteiger partial charge in [-0.25, -0.2) is 0 Å². The lowest BCUT2D eigenvalue weighted by atomic mass is 9.95. The quantitative estimate of drug-likeness (QED) is 0.809. The maximum Gasteiger partial charge on any atom is 0.241 e. The zero-order chi connectivity index (χ0) is 15.5. The van der Waals surface area contributed by atoms with E-state index < -0.39 is 0 Å². The van der Waals surface area contributed by atoms with Crippen molar-refractivity contribution in [1.29, 1.82) is 0 Å². The highest BCUT2D eigenvalue weighted by Crippen LogP contribution is 2.33. The summed E-state index contributed by atoms with van der Waals surface area (Å²) in [6, 6.07) is -0.348. The number of nitrogens with one attached hydrogen (secondary N) is 2. The predicted octanol–water partition coefficient (Wildman–Crippen LogP) is 0.671. The van der Waals surface area contributed by atoms with Gasteiger partial charge in [-0.15, -0.1) is 0 Å². The Morgan fingerprint density at radius 3 is 2.62 bits per heavy atom. The summed E-state index contributed by atoms with van der Waals surface area (Å²) in [6.45, 7) is 0.706. The van der Waals surface area contributed by atoms with Crippen LogP contribution in [0.3, 0.4) is 0 Å². The van der Waals surface area contributed by atoms with E-state index in [1.807, 2.05) is 13.2 Å². The Morgan fingerprint density at radius 1 is 1.48 bits per heavy atom. The SMILES string of the molecule is CNC(C(=O)NCC1(N(C)C)CCCC1)c1cnn(C)c1. The van der Waals surface area contributed by atoms with Crippen LogP contribution in [0.1, 0.15) is 37.3 Å². The Kier molecular flexibility index (Phi) is 5.00. The van der Waals surface area contributed by atoms with E-state index in [0.717, 1.165) is 18.4 Å². The summed E-state index contributed by atoms with van der Waals surface area (Å²) in [6.07, 6.45) is 8.39. The molecule has 1 heterocycles. The summed E-state index contributed by atoms with van der Waals surface area (Å²) >= 11 is 0. The molecular formula is C15H27N5O. The number of likely N-dealkylation sites (N-methyl/N-ethyl adjacent to an activating group) is 2. The first-order valence-corrected chi connectivity index (χ1v) is 7.59. The first-order chi connectivity index (χ1) is 9.98. The van der Waals surface area contributed by atoms with Crippen molar-refractivity contribution in [2.45, 2.75) is 37.3 Å².